The second-order valence-electron chi connectivity index (χ2n) is 8.99. The van der Waals surface area contributed by atoms with E-state index in [-0.39, 0.29) is 49.5 Å². The van der Waals surface area contributed by atoms with Gasteiger partial charge in [0.15, 0.2) is 0 Å². The number of benzene rings is 1. The van der Waals surface area contributed by atoms with Gasteiger partial charge in [0.2, 0.25) is 11.8 Å². The Kier molecular flexibility index (Phi) is 7.42. The Morgan fingerprint density at radius 2 is 1.88 bits per heavy atom. The van der Waals surface area contributed by atoms with Gasteiger partial charge in [0, 0.05) is 49.9 Å². The molecule has 9 nitrogen and oxygen atoms in total. The lowest BCUT2D eigenvalue weighted by Gasteiger charge is -2.41. The van der Waals surface area contributed by atoms with Crippen LogP contribution in [0.25, 0.3) is 0 Å². The third kappa shape index (κ3) is 5.05. The van der Waals surface area contributed by atoms with Crippen molar-refractivity contribution in [2.75, 3.05) is 32.7 Å². The lowest BCUT2D eigenvalue weighted by atomic mass is 9.97. The highest BCUT2D eigenvalue weighted by molar-refractivity contribution is 7.86. The summed E-state index contributed by atoms with van der Waals surface area (Å²) in [5.41, 5.74) is 0.259. The predicted molar refractivity (Wildman–Crippen MR) is 122 cm³/mol. The number of likely N-dealkylation sites (tertiary alicyclic amines) is 1. The Morgan fingerprint density at radius 3 is 2.62 bits per heavy atom. The van der Waals surface area contributed by atoms with Gasteiger partial charge in [-0.05, 0) is 43.9 Å². The first-order chi connectivity index (χ1) is 16.2. The Morgan fingerprint density at radius 1 is 1.15 bits per heavy atom. The zero-order valence-electron chi connectivity index (χ0n) is 18.6. The number of rotatable bonds is 6. The van der Waals surface area contributed by atoms with Gasteiger partial charge in [-0.1, -0.05) is 11.6 Å². The van der Waals surface area contributed by atoms with Crippen LogP contribution >= 0.6 is 11.6 Å². The number of carbonyl (C=O) groups excluding carboxylic acids is 2. The highest BCUT2D eigenvalue weighted by atomic mass is 35.5. The highest BCUT2D eigenvalue weighted by Crippen LogP contribution is 2.29. The summed E-state index contributed by atoms with van der Waals surface area (Å²) >= 11 is 5.90. The molecule has 2 amide bonds. The molecule has 0 spiro atoms. The number of hydrogen-bond donors (Lipinski definition) is 1. The molecule has 12 heteroatoms. The third-order valence-electron chi connectivity index (χ3n) is 6.72. The van der Waals surface area contributed by atoms with Gasteiger partial charge in [0.05, 0.1) is 17.9 Å². The third-order valence-corrected chi connectivity index (χ3v) is 8.89. The van der Waals surface area contributed by atoms with Crippen molar-refractivity contribution in [2.45, 2.75) is 38.3 Å². The van der Waals surface area contributed by atoms with Crippen LogP contribution in [0.2, 0.25) is 5.02 Å². The second-order valence-corrected chi connectivity index (χ2v) is 11.4. The molecule has 0 aliphatic carbocycles. The van der Waals surface area contributed by atoms with E-state index >= 15 is 0 Å². The Bertz CT molecular complexity index is 1110. The normalized spacial score (nSPS) is 24.4. The Labute approximate surface area is 203 Å². The zero-order valence-corrected chi connectivity index (χ0v) is 20.2. The van der Waals surface area contributed by atoms with E-state index < -0.39 is 28.0 Å². The highest BCUT2D eigenvalue weighted by Gasteiger charge is 2.44. The van der Waals surface area contributed by atoms with Crippen LogP contribution < -0.4 is 5.32 Å². The minimum absolute atomic E-state index is 0.0429. The lowest BCUT2D eigenvalue weighted by Crippen LogP contribution is -2.57. The van der Waals surface area contributed by atoms with Crippen molar-refractivity contribution >= 4 is 33.6 Å². The maximum atomic E-state index is 14.0. The molecule has 2 atom stereocenters. The number of carbonyl (C=O) groups is 2. The first-order valence-electron chi connectivity index (χ1n) is 11.4. The summed E-state index contributed by atoms with van der Waals surface area (Å²) in [5.74, 6) is -1.90. The molecule has 3 saturated heterocycles. The number of hydrogen-bond acceptors (Lipinski definition) is 5. The number of halogens is 2. The fourth-order valence-electron chi connectivity index (χ4n) is 4.74. The van der Waals surface area contributed by atoms with E-state index in [0.29, 0.717) is 43.8 Å². The van der Waals surface area contributed by atoms with E-state index in [1.807, 2.05) is 0 Å². The van der Waals surface area contributed by atoms with Gasteiger partial charge in [0.25, 0.3) is 10.2 Å². The van der Waals surface area contributed by atoms with Crippen LogP contribution in [0.4, 0.5) is 4.39 Å². The van der Waals surface area contributed by atoms with Crippen molar-refractivity contribution in [3.8, 4) is 6.07 Å². The van der Waals surface area contributed by atoms with Gasteiger partial charge in [0.1, 0.15) is 11.9 Å². The molecule has 34 heavy (non-hydrogen) atoms. The van der Waals surface area contributed by atoms with Gasteiger partial charge < -0.3 is 10.2 Å². The molecule has 1 unspecified atom stereocenters. The molecular weight excluding hydrogens is 485 g/mol. The minimum Gasteiger partial charge on any atom is -0.350 e. The molecule has 1 aromatic carbocycles. The minimum atomic E-state index is -3.72. The molecule has 0 saturated carbocycles. The van der Waals surface area contributed by atoms with Crippen LogP contribution in [0.5, 0.6) is 0 Å². The number of nitrogens with one attached hydrogen (secondary N) is 1. The second kappa shape index (κ2) is 10.2. The summed E-state index contributed by atoms with van der Waals surface area (Å²) in [4.78, 5) is 27.7. The molecule has 3 heterocycles. The topological polar surface area (TPSA) is 114 Å². The van der Waals surface area contributed by atoms with E-state index in [9.17, 15) is 22.4 Å². The van der Waals surface area contributed by atoms with Crippen LogP contribution in [-0.4, -0.2) is 72.5 Å². The van der Waals surface area contributed by atoms with Gasteiger partial charge in [-0.2, -0.15) is 22.3 Å². The van der Waals surface area contributed by atoms with Crippen molar-refractivity contribution in [3.63, 3.8) is 0 Å². The molecule has 184 valence electrons. The van der Waals surface area contributed by atoms with Crippen LogP contribution in [0.15, 0.2) is 18.2 Å². The molecule has 1 aromatic rings. The SMILES string of the molecule is N#CC1CN(S(=O)(=O)N2CCCC(C(=O)N3CCC[C@@H]3C(=O)NCc3cc(Cl)ccc3F)C2)C1. The van der Waals surface area contributed by atoms with Crippen LogP contribution in [0, 0.1) is 29.0 Å². The lowest BCUT2D eigenvalue weighted by molar-refractivity contribution is -0.142. The van der Waals surface area contributed by atoms with Crippen LogP contribution in [-0.2, 0) is 26.3 Å². The molecule has 1 N–H and O–H groups in total. The van der Waals surface area contributed by atoms with Crippen LogP contribution in [0.3, 0.4) is 0 Å². The van der Waals surface area contributed by atoms with Crippen molar-refractivity contribution in [2.24, 2.45) is 11.8 Å². The smallest absolute Gasteiger partial charge is 0.282 e. The average Bonchev–Trinajstić information content (AvgIpc) is 3.28. The fourth-order valence-corrected chi connectivity index (χ4v) is 6.73. The molecule has 0 aromatic heterocycles. The quantitative estimate of drug-likeness (QED) is 0.621. The fraction of sp³-hybridized carbons (Fsp3) is 0.591. The van der Waals surface area contributed by atoms with Gasteiger partial charge in [-0.15, -0.1) is 0 Å². The molecule has 3 aliphatic heterocycles. The summed E-state index contributed by atoms with van der Waals surface area (Å²) in [7, 11) is -3.72. The van der Waals surface area contributed by atoms with Crippen molar-refractivity contribution in [1.29, 1.82) is 5.26 Å². The predicted octanol–water partition coefficient (Wildman–Crippen LogP) is 1.50. The van der Waals surface area contributed by atoms with Gasteiger partial charge in [-0.25, -0.2) is 4.39 Å². The van der Waals surface area contributed by atoms with E-state index in [2.05, 4.69) is 11.4 Å². The molecule has 0 bridgehead atoms. The maximum Gasteiger partial charge on any atom is 0.282 e. The Hall–Kier alpha value is -2.26. The molecule has 3 aliphatic rings. The molecule has 3 fully saturated rings. The first kappa shape index (κ1) is 24.9. The number of nitriles is 1. The van der Waals surface area contributed by atoms with E-state index in [0.717, 1.165) is 0 Å². The van der Waals surface area contributed by atoms with E-state index in [4.69, 9.17) is 16.9 Å². The first-order valence-corrected chi connectivity index (χ1v) is 13.1. The standard InChI is InChI=1S/C22H27ClFN5O4S/c23-18-5-6-19(24)17(9-18)11-26-21(30)20-4-2-8-29(20)22(31)16-3-1-7-27(14-16)34(32,33)28-12-15(10-25)13-28/h5-6,9,15-16,20H,1-4,7-8,11-14H2,(H,26,30)/t16?,20-/m1/s1. The van der Waals surface area contributed by atoms with E-state index in [1.165, 1.54) is 31.7 Å². The largest absolute Gasteiger partial charge is 0.350 e. The number of piperidine rings is 1. The number of amides is 2. The summed E-state index contributed by atoms with van der Waals surface area (Å²) in [5, 5.41) is 12.0. The maximum absolute atomic E-state index is 14.0. The van der Waals surface area contributed by atoms with Crippen LogP contribution in [0.1, 0.15) is 31.2 Å². The summed E-state index contributed by atoms with van der Waals surface area (Å²) in [6, 6.07) is 5.50. The summed E-state index contributed by atoms with van der Waals surface area (Å²) in [6.45, 7) is 1.12. The average molecular weight is 512 g/mol. The number of nitrogens with zero attached hydrogens (tertiary/aromatic N) is 4. The zero-order chi connectivity index (χ0) is 24.5. The van der Waals surface area contributed by atoms with Gasteiger partial charge in [-0.3, -0.25) is 9.59 Å². The summed E-state index contributed by atoms with van der Waals surface area (Å²) < 4.78 is 42.3. The molecule has 4 rings (SSSR count). The summed E-state index contributed by atoms with van der Waals surface area (Å²) in [6.07, 6.45) is 2.25. The van der Waals surface area contributed by atoms with Crippen molar-refractivity contribution in [1.82, 2.24) is 18.8 Å². The van der Waals surface area contributed by atoms with Crippen molar-refractivity contribution < 1.29 is 22.4 Å². The Balaban J connectivity index is 1.37. The van der Waals surface area contributed by atoms with E-state index in [1.54, 1.807) is 0 Å². The van der Waals surface area contributed by atoms with Gasteiger partial charge >= 0.3 is 0 Å². The molecule has 0 radical (unpaired) electrons. The monoisotopic (exact) mass is 511 g/mol. The van der Waals surface area contributed by atoms with Crippen molar-refractivity contribution in [3.05, 3.63) is 34.6 Å². The molecular formula is C22H27ClFN5O4S.